The van der Waals surface area contributed by atoms with Crippen LogP contribution in [0, 0.1) is 11.8 Å². The largest absolute Gasteiger partial charge is 0.358 e. The number of hydrogen-bond acceptors (Lipinski definition) is 3. The van der Waals surface area contributed by atoms with Crippen LogP contribution < -0.4 is 5.32 Å². The number of hydrogen-bond donors (Lipinski definition) is 1. The topological polar surface area (TPSA) is 37.8 Å². The molecule has 0 saturated heterocycles. The zero-order valence-electron chi connectivity index (χ0n) is 6.93. The Kier molecular flexibility index (Phi) is 3.81. The van der Waals surface area contributed by atoms with Gasteiger partial charge >= 0.3 is 0 Å². The maximum atomic E-state index is 5.78. The summed E-state index contributed by atoms with van der Waals surface area (Å²) in [5, 5.41) is 3.51. The maximum Gasteiger partial charge on any atom is 0.224 e. The smallest absolute Gasteiger partial charge is 0.224 e. The van der Waals surface area contributed by atoms with Gasteiger partial charge in [-0.2, -0.15) is 4.98 Å². The normalized spacial score (nSPS) is 8.85. The first kappa shape index (κ1) is 10.1. The minimum atomic E-state index is 0.163. The molecule has 0 aliphatic carbocycles. The first-order valence-electron chi connectivity index (χ1n) is 3.55. The van der Waals surface area contributed by atoms with E-state index in [0.29, 0.717) is 17.4 Å². The molecule has 0 unspecified atom stereocenters. The molecule has 0 aromatic carbocycles. The molecule has 0 radical (unpaired) electrons. The molecule has 0 atom stereocenters. The van der Waals surface area contributed by atoms with Crippen molar-refractivity contribution in [3.05, 3.63) is 16.5 Å². The number of nitrogens with zero attached hydrogens (tertiary/aromatic N) is 2. The van der Waals surface area contributed by atoms with E-state index in [2.05, 4.69) is 27.1 Å². The second-order valence-electron chi connectivity index (χ2n) is 2.12. The fraction of sp³-hybridized carbons (Fsp3) is 0.250. The first-order valence-corrected chi connectivity index (χ1v) is 4.31. The van der Waals surface area contributed by atoms with Crippen molar-refractivity contribution >= 4 is 29.0 Å². The van der Waals surface area contributed by atoms with Crippen LogP contribution >= 0.6 is 23.2 Å². The summed E-state index contributed by atoms with van der Waals surface area (Å²) in [6.45, 7) is 2.25. The molecule has 5 heteroatoms. The molecule has 0 saturated carbocycles. The van der Waals surface area contributed by atoms with Gasteiger partial charge in [0.25, 0.3) is 0 Å². The summed E-state index contributed by atoms with van der Waals surface area (Å²) in [5.74, 6) is 6.06. The van der Waals surface area contributed by atoms with Gasteiger partial charge in [-0.25, -0.2) is 4.98 Å². The summed E-state index contributed by atoms with van der Waals surface area (Å²) in [4.78, 5) is 7.60. The van der Waals surface area contributed by atoms with Gasteiger partial charge in [-0.3, -0.25) is 0 Å². The third-order valence-corrected chi connectivity index (χ3v) is 1.69. The van der Waals surface area contributed by atoms with Crippen LogP contribution in [0.5, 0.6) is 0 Å². The standard InChI is InChI=1S/C8H7Cl2N3/c1-2-3-4-11-7-6(9)5-12-8(10)13-7/h5H,4H2,1H3,(H,11,12,13). The Morgan fingerprint density at radius 3 is 3.00 bits per heavy atom. The average molecular weight is 216 g/mol. The van der Waals surface area contributed by atoms with Gasteiger partial charge in [-0.1, -0.05) is 17.5 Å². The van der Waals surface area contributed by atoms with Gasteiger partial charge in [0.1, 0.15) is 5.02 Å². The molecule has 0 amide bonds. The molecular formula is C8H7Cl2N3. The van der Waals surface area contributed by atoms with E-state index >= 15 is 0 Å². The SMILES string of the molecule is CC#CCNc1nc(Cl)ncc1Cl. The molecule has 1 N–H and O–H groups in total. The number of nitrogens with one attached hydrogen (secondary N) is 1. The number of halogens is 2. The van der Waals surface area contributed by atoms with E-state index in [0.717, 1.165) is 0 Å². The monoisotopic (exact) mass is 215 g/mol. The van der Waals surface area contributed by atoms with E-state index in [1.165, 1.54) is 6.20 Å². The fourth-order valence-corrected chi connectivity index (χ4v) is 0.977. The van der Waals surface area contributed by atoms with Crippen molar-refractivity contribution in [3.8, 4) is 11.8 Å². The highest BCUT2D eigenvalue weighted by Gasteiger charge is 2.01. The lowest BCUT2D eigenvalue weighted by Crippen LogP contribution is -2.02. The van der Waals surface area contributed by atoms with Crippen LogP contribution in [0.15, 0.2) is 6.20 Å². The Morgan fingerprint density at radius 1 is 1.54 bits per heavy atom. The van der Waals surface area contributed by atoms with Crippen LogP contribution in [-0.2, 0) is 0 Å². The number of aromatic nitrogens is 2. The first-order chi connectivity index (χ1) is 6.24. The zero-order valence-corrected chi connectivity index (χ0v) is 8.45. The van der Waals surface area contributed by atoms with Crippen molar-refractivity contribution < 1.29 is 0 Å². The molecule has 0 bridgehead atoms. The second kappa shape index (κ2) is 4.90. The Balaban J connectivity index is 2.73. The lowest BCUT2D eigenvalue weighted by Gasteiger charge is -2.02. The molecule has 0 spiro atoms. The van der Waals surface area contributed by atoms with E-state index in [4.69, 9.17) is 23.2 Å². The van der Waals surface area contributed by atoms with Crippen molar-refractivity contribution in [1.29, 1.82) is 0 Å². The van der Waals surface area contributed by atoms with E-state index in [9.17, 15) is 0 Å². The molecule has 13 heavy (non-hydrogen) atoms. The lowest BCUT2D eigenvalue weighted by atomic mass is 10.5. The summed E-state index contributed by atoms with van der Waals surface area (Å²) in [7, 11) is 0. The number of rotatable bonds is 2. The molecular weight excluding hydrogens is 209 g/mol. The maximum absolute atomic E-state index is 5.78. The van der Waals surface area contributed by atoms with Crippen molar-refractivity contribution in [2.45, 2.75) is 6.92 Å². The predicted molar refractivity (Wildman–Crippen MR) is 54.0 cm³/mol. The van der Waals surface area contributed by atoms with Gasteiger partial charge in [0.2, 0.25) is 5.28 Å². The summed E-state index contributed by atoms with van der Waals surface area (Å²) in [6.07, 6.45) is 1.44. The van der Waals surface area contributed by atoms with Gasteiger partial charge in [-0.05, 0) is 18.5 Å². The van der Waals surface area contributed by atoms with Crippen molar-refractivity contribution in [3.63, 3.8) is 0 Å². The molecule has 68 valence electrons. The Bertz CT molecular complexity index is 354. The summed E-state index contributed by atoms with van der Waals surface area (Å²) < 4.78 is 0. The Morgan fingerprint density at radius 2 is 2.31 bits per heavy atom. The van der Waals surface area contributed by atoms with Gasteiger partial charge in [-0.15, -0.1) is 5.92 Å². The Labute approximate surface area is 86.5 Å². The van der Waals surface area contributed by atoms with Gasteiger partial charge in [0.15, 0.2) is 5.82 Å². The molecule has 1 aromatic heterocycles. The molecule has 1 rings (SSSR count). The van der Waals surface area contributed by atoms with Crippen LogP contribution in [0.1, 0.15) is 6.92 Å². The molecule has 1 aromatic rings. The van der Waals surface area contributed by atoms with Crippen molar-refractivity contribution in [1.82, 2.24) is 9.97 Å². The quantitative estimate of drug-likeness (QED) is 0.608. The van der Waals surface area contributed by atoms with Crippen LogP contribution in [0.4, 0.5) is 5.82 Å². The van der Waals surface area contributed by atoms with Gasteiger partial charge in [0, 0.05) is 0 Å². The molecule has 0 aliphatic rings. The minimum Gasteiger partial charge on any atom is -0.358 e. The van der Waals surface area contributed by atoms with E-state index in [-0.39, 0.29) is 5.28 Å². The third-order valence-electron chi connectivity index (χ3n) is 1.24. The van der Waals surface area contributed by atoms with Crippen molar-refractivity contribution in [2.75, 3.05) is 11.9 Å². The minimum absolute atomic E-state index is 0.163. The van der Waals surface area contributed by atoms with Crippen LogP contribution in [0.25, 0.3) is 0 Å². The van der Waals surface area contributed by atoms with Gasteiger partial charge < -0.3 is 5.32 Å². The summed E-state index contributed by atoms with van der Waals surface area (Å²) in [6, 6.07) is 0. The molecule has 0 aliphatic heterocycles. The highest BCUT2D eigenvalue weighted by Crippen LogP contribution is 2.18. The number of anilines is 1. The van der Waals surface area contributed by atoms with Crippen LogP contribution in [0.3, 0.4) is 0 Å². The third kappa shape index (κ3) is 3.10. The van der Waals surface area contributed by atoms with E-state index in [1.54, 1.807) is 6.92 Å². The highest BCUT2D eigenvalue weighted by molar-refractivity contribution is 6.33. The summed E-state index contributed by atoms with van der Waals surface area (Å²) in [5.41, 5.74) is 0. The molecule has 1 heterocycles. The molecule has 3 nitrogen and oxygen atoms in total. The van der Waals surface area contributed by atoms with E-state index < -0.39 is 0 Å². The Hall–Kier alpha value is -0.980. The predicted octanol–water partition coefficient (Wildman–Crippen LogP) is 2.22. The van der Waals surface area contributed by atoms with Crippen LogP contribution in [0.2, 0.25) is 10.3 Å². The summed E-state index contributed by atoms with van der Waals surface area (Å²) >= 11 is 11.4. The molecule has 0 fully saturated rings. The van der Waals surface area contributed by atoms with E-state index in [1.807, 2.05) is 0 Å². The van der Waals surface area contributed by atoms with Crippen molar-refractivity contribution in [2.24, 2.45) is 0 Å². The average Bonchev–Trinajstić information content (AvgIpc) is 2.11. The highest BCUT2D eigenvalue weighted by atomic mass is 35.5. The second-order valence-corrected chi connectivity index (χ2v) is 2.86. The van der Waals surface area contributed by atoms with Gasteiger partial charge in [0.05, 0.1) is 12.7 Å². The zero-order chi connectivity index (χ0) is 9.68. The van der Waals surface area contributed by atoms with Crippen LogP contribution in [-0.4, -0.2) is 16.5 Å². The lowest BCUT2D eigenvalue weighted by molar-refractivity contribution is 1.15. The fourth-order valence-electron chi connectivity index (χ4n) is 0.686.